The van der Waals surface area contributed by atoms with Gasteiger partial charge in [-0.2, -0.15) is 0 Å². The summed E-state index contributed by atoms with van der Waals surface area (Å²) in [5, 5.41) is 0. The first-order chi connectivity index (χ1) is 11.2. The Labute approximate surface area is 138 Å². The van der Waals surface area contributed by atoms with Gasteiger partial charge < -0.3 is 9.80 Å². The predicted molar refractivity (Wildman–Crippen MR) is 92.6 cm³/mol. The molecule has 122 valence electrons. The fourth-order valence-corrected chi connectivity index (χ4v) is 3.20. The van der Waals surface area contributed by atoms with Gasteiger partial charge in [-0.05, 0) is 44.4 Å². The fraction of sp³-hybridized carbons (Fsp3) is 0.500. The third kappa shape index (κ3) is 4.26. The second kappa shape index (κ2) is 7.51. The first kappa shape index (κ1) is 15.9. The lowest BCUT2D eigenvalue weighted by molar-refractivity contribution is 0.208. The number of likely N-dealkylation sites (tertiary alicyclic amines) is 1. The van der Waals surface area contributed by atoms with Crippen LogP contribution in [0.1, 0.15) is 24.1 Å². The molecule has 5 nitrogen and oxygen atoms in total. The Bertz CT molecular complexity index is 616. The number of aromatic nitrogens is 3. The van der Waals surface area contributed by atoms with Crippen LogP contribution in [-0.4, -0.2) is 52.6 Å². The first-order valence-corrected chi connectivity index (χ1v) is 8.35. The highest BCUT2D eigenvalue weighted by molar-refractivity contribution is 5.39. The van der Waals surface area contributed by atoms with Crippen LogP contribution in [0.2, 0.25) is 0 Å². The zero-order chi connectivity index (χ0) is 16.1. The van der Waals surface area contributed by atoms with Crippen molar-refractivity contribution in [2.45, 2.75) is 32.2 Å². The van der Waals surface area contributed by atoms with Crippen LogP contribution in [0.5, 0.6) is 0 Å². The highest BCUT2D eigenvalue weighted by Gasteiger charge is 2.23. The molecule has 0 N–H and O–H groups in total. The van der Waals surface area contributed by atoms with Gasteiger partial charge in [-0.15, -0.1) is 0 Å². The van der Waals surface area contributed by atoms with Crippen molar-refractivity contribution in [3.63, 3.8) is 0 Å². The Balaban J connectivity index is 1.57. The number of pyridine rings is 1. The van der Waals surface area contributed by atoms with Crippen LogP contribution in [0.3, 0.4) is 0 Å². The van der Waals surface area contributed by atoms with Crippen molar-refractivity contribution in [3.05, 3.63) is 48.2 Å². The molecule has 1 aliphatic heterocycles. The summed E-state index contributed by atoms with van der Waals surface area (Å²) in [5.74, 6) is 1.02. The van der Waals surface area contributed by atoms with Crippen LogP contribution >= 0.6 is 0 Å². The van der Waals surface area contributed by atoms with Gasteiger partial charge in [0, 0.05) is 50.3 Å². The molecule has 1 fully saturated rings. The van der Waals surface area contributed by atoms with E-state index >= 15 is 0 Å². The summed E-state index contributed by atoms with van der Waals surface area (Å²) in [5.41, 5.74) is 2.33. The molecule has 1 unspecified atom stereocenters. The summed E-state index contributed by atoms with van der Waals surface area (Å²) in [4.78, 5) is 17.7. The molecule has 0 radical (unpaired) electrons. The molecular formula is C18H25N5. The highest BCUT2D eigenvalue weighted by Crippen LogP contribution is 2.20. The molecular weight excluding hydrogens is 286 g/mol. The van der Waals surface area contributed by atoms with E-state index in [0.29, 0.717) is 6.04 Å². The molecule has 0 saturated carbocycles. The Morgan fingerprint density at radius 2 is 2.26 bits per heavy atom. The topological polar surface area (TPSA) is 45.2 Å². The zero-order valence-corrected chi connectivity index (χ0v) is 14.0. The second-order valence-electron chi connectivity index (χ2n) is 6.34. The summed E-state index contributed by atoms with van der Waals surface area (Å²) >= 11 is 0. The van der Waals surface area contributed by atoms with Crippen LogP contribution in [0.25, 0.3) is 0 Å². The monoisotopic (exact) mass is 311 g/mol. The van der Waals surface area contributed by atoms with E-state index in [-0.39, 0.29) is 0 Å². The molecule has 0 aromatic carbocycles. The third-order valence-electron chi connectivity index (χ3n) is 4.62. The molecule has 2 aromatic heterocycles. The number of aryl methyl sites for hydroxylation is 1. The van der Waals surface area contributed by atoms with Gasteiger partial charge >= 0.3 is 0 Å². The number of rotatable bonds is 5. The van der Waals surface area contributed by atoms with Crippen LogP contribution in [0, 0.1) is 6.92 Å². The third-order valence-corrected chi connectivity index (χ3v) is 4.62. The van der Waals surface area contributed by atoms with E-state index in [1.165, 1.54) is 24.9 Å². The van der Waals surface area contributed by atoms with Gasteiger partial charge in [0.25, 0.3) is 0 Å². The minimum atomic E-state index is 0.520. The number of piperidine rings is 1. The minimum Gasteiger partial charge on any atom is -0.355 e. The quantitative estimate of drug-likeness (QED) is 0.848. The van der Waals surface area contributed by atoms with Crippen molar-refractivity contribution >= 4 is 5.82 Å². The normalized spacial score (nSPS) is 18.8. The molecule has 1 saturated heterocycles. The van der Waals surface area contributed by atoms with Crippen molar-refractivity contribution in [3.8, 4) is 0 Å². The Morgan fingerprint density at radius 1 is 1.35 bits per heavy atom. The summed E-state index contributed by atoms with van der Waals surface area (Å²) in [6.07, 6.45) is 8.99. The molecule has 5 heteroatoms. The van der Waals surface area contributed by atoms with Gasteiger partial charge in [-0.3, -0.25) is 4.98 Å². The molecule has 0 bridgehead atoms. The maximum Gasteiger partial charge on any atom is 0.132 e. The van der Waals surface area contributed by atoms with Crippen LogP contribution < -0.4 is 4.90 Å². The minimum absolute atomic E-state index is 0.520. The van der Waals surface area contributed by atoms with Crippen LogP contribution in [0.15, 0.2) is 36.9 Å². The van der Waals surface area contributed by atoms with Crippen molar-refractivity contribution < 1.29 is 0 Å². The van der Waals surface area contributed by atoms with Gasteiger partial charge in [0.1, 0.15) is 12.1 Å². The molecule has 3 heterocycles. The van der Waals surface area contributed by atoms with Crippen molar-refractivity contribution in [2.75, 3.05) is 31.6 Å². The Morgan fingerprint density at radius 3 is 3.04 bits per heavy atom. The predicted octanol–water partition coefficient (Wildman–Crippen LogP) is 2.32. The number of likely N-dealkylation sites (N-methyl/N-ethyl adjacent to an activating group) is 1. The molecule has 3 rings (SSSR count). The summed E-state index contributed by atoms with van der Waals surface area (Å²) in [7, 11) is 2.15. The molecule has 1 aliphatic rings. The van der Waals surface area contributed by atoms with E-state index in [0.717, 1.165) is 31.0 Å². The van der Waals surface area contributed by atoms with E-state index < -0.39 is 0 Å². The molecule has 1 atom stereocenters. The number of hydrogen-bond acceptors (Lipinski definition) is 5. The SMILES string of the molecule is Cc1cc(N(C)C2CCCN(CCc3cccnc3)C2)ncn1. The lowest BCUT2D eigenvalue weighted by Gasteiger charge is -2.38. The average molecular weight is 311 g/mol. The molecule has 0 aliphatic carbocycles. The van der Waals surface area contributed by atoms with E-state index in [2.05, 4.69) is 43.9 Å². The number of anilines is 1. The lowest BCUT2D eigenvalue weighted by Crippen LogP contribution is -2.47. The Hall–Kier alpha value is -2.01. The van der Waals surface area contributed by atoms with Gasteiger partial charge in [-0.1, -0.05) is 6.07 Å². The van der Waals surface area contributed by atoms with E-state index in [4.69, 9.17) is 0 Å². The maximum atomic E-state index is 4.42. The first-order valence-electron chi connectivity index (χ1n) is 8.35. The van der Waals surface area contributed by atoms with E-state index in [1.807, 2.05) is 25.4 Å². The second-order valence-corrected chi connectivity index (χ2v) is 6.34. The fourth-order valence-electron chi connectivity index (χ4n) is 3.20. The average Bonchev–Trinajstić information content (AvgIpc) is 2.60. The van der Waals surface area contributed by atoms with Gasteiger partial charge in [-0.25, -0.2) is 9.97 Å². The molecule has 0 amide bonds. The van der Waals surface area contributed by atoms with E-state index in [9.17, 15) is 0 Å². The standard InChI is InChI=1S/C18H25N5/c1-15-11-18(21-14-20-15)22(2)17-6-4-9-23(13-17)10-7-16-5-3-8-19-12-16/h3,5,8,11-12,14,17H,4,6-7,9-10,13H2,1-2H3. The lowest BCUT2D eigenvalue weighted by atomic mass is 10.0. The van der Waals surface area contributed by atoms with E-state index in [1.54, 1.807) is 6.33 Å². The largest absolute Gasteiger partial charge is 0.355 e. The Kier molecular flexibility index (Phi) is 5.18. The summed E-state index contributed by atoms with van der Waals surface area (Å²) in [6, 6.07) is 6.75. The smallest absolute Gasteiger partial charge is 0.132 e. The molecule has 23 heavy (non-hydrogen) atoms. The number of nitrogens with zero attached hydrogens (tertiary/aromatic N) is 5. The van der Waals surface area contributed by atoms with Crippen LogP contribution in [-0.2, 0) is 6.42 Å². The van der Waals surface area contributed by atoms with Gasteiger partial charge in [0.15, 0.2) is 0 Å². The van der Waals surface area contributed by atoms with Gasteiger partial charge in [0.2, 0.25) is 0 Å². The molecule has 0 spiro atoms. The highest BCUT2D eigenvalue weighted by atomic mass is 15.2. The van der Waals surface area contributed by atoms with Crippen LogP contribution in [0.4, 0.5) is 5.82 Å². The number of hydrogen-bond donors (Lipinski definition) is 0. The van der Waals surface area contributed by atoms with Crippen molar-refractivity contribution in [1.29, 1.82) is 0 Å². The molecule has 2 aromatic rings. The zero-order valence-electron chi connectivity index (χ0n) is 14.0. The van der Waals surface area contributed by atoms with Crippen molar-refractivity contribution in [2.24, 2.45) is 0 Å². The van der Waals surface area contributed by atoms with Crippen molar-refractivity contribution in [1.82, 2.24) is 19.9 Å². The maximum absolute atomic E-state index is 4.42. The summed E-state index contributed by atoms with van der Waals surface area (Å²) in [6.45, 7) is 5.39. The van der Waals surface area contributed by atoms with Gasteiger partial charge in [0.05, 0.1) is 0 Å². The summed E-state index contributed by atoms with van der Waals surface area (Å²) < 4.78 is 0.